The Morgan fingerprint density at radius 3 is 2.83 bits per heavy atom. The van der Waals surface area contributed by atoms with Gasteiger partial charge in [0.25, 0.3) is 5.89 Å². The molecule has 5 rings (SSSR count). The average Bonchev–Trinajstić information content (AvgIpc) is 3.46. The number of aromatic nitrogens is 3. The Hall–Kier alpha value is -3.62. The lowest BCUT2D eigenvalue weighted by Gasteiger charge is -2.18. The van der Waals surface area contributed by atoms with Crippen molar-refractivity contribution in [1.82, 2.24) is 15.1 Å². The molecule has 0 radical (unpaired) electrons. The largest absolute Gasteiger partial charge is 0.416 e. The van der Waals surface area contributed by atoms with Crippen LogP contribution < -0.4 is 4.90 Å². The highest BCUT2D eigenvalue weighted by Crippen LogP contribution is 2.35. The van der Waals surface area contributed by atoms with E-state index in [0.717, 1.165) is 28.6 Å². The standard InChI is InChI=1S/C21H15F3N4O2/c22-21(23,24)15-2-1-3-16(10-15)28-11-14(9-18(28)29)19-26-20(30-27-19)13-5-4-12-6-7-25-17(12)8-13/h1-8,10,14,25H,9,11H2. The van der Waals surface area contributed by atoms with Crippen LogP contribution in [0.1, 0.15) is 23.7 Å². The van der Waals surface area contributed by atoms with E-state index in [1.807, 2.05) is 30.5 Å². The molecule has 1 aliphatic heterocycles. The number of alkyl halides is 3. The first-order valence-corrected chi connectivity index (χ1v) is 9.27. The molecule has 3 heterocycles. The summed E-state index contributed by atoms with van der Waals surface area (Å²) < 4.78 is 44.4. The van der Waals surface area contributed by atoms with Crippen molar-refractivity contribution in [3.63, 3.8) is 0 Å². The van der Waals surface area contributed by atoms with Crippen LogP contribution in [0.5, 0.6) is 0 Å². The van der Waals surface area contributed by atoms with Crippen LogP contribution in [0, 0.1) is 0 Å². The van der Waals surface area contributed by atoms with Crippen LogP contribution in [0.25, 0.3) is 22.4 Å². The second-order valence-electron chi connectivity index (χ2n) is 7.19. The molecule has 2 aromatic heterocycles. The Balaban J connectivity index is 1.38. The monoisotopic (exact) mass is 412 g/mol. The third-order valence-electron chi connectivity index (χ3n) is 5.22. The van der Waals surface area contributed by atoms with Gasteiger partial charge >= 0.3 is 6.18 Å². The minimum atomic E-state index is -4.47. The first-order chi connectivity index (χ1) is 14.4. The maximum atomic E-state index is 13.0. The van der Waals surface area contributed by atoms with Crippen molar-refractivity contribution in [2.45, 2.75) is 18.5 Å². The Morgan fingerprint density at radius 1 is 1.13 bits per heavy atom. The molecular formula is C21H15F3N4O2. The Bertz CT molecular complexity index is 1240. The van der Waals surface area contributed by atoms with Crippen molar-refractivity contribution in [2.24, 2.45) is 0 Å². The minimum Gasteiger partial charge on any atom is -0.361 e. The number of fused-ring (bicyclic) bond motifs is 1. The fourth-order valence-electron chi connectivity index (χ4n) is 3.68. The van der Waals surface area contributed by atoms with Crippen molar-refractivity contribution < 1.29 is 22.5 Å². The zero-order valence-corrected chi connectivity index (χ0v) is 15.5. The van der Waals surface area contributed by atoms with Crippen LogP contribution >= 0.6 is 0 Å². The quantitative estimate of drug-likeness (QED) is 0.527. The van der Waals surface area contributed by atoms with E-state index in [1.54, 1.807) is 0 Å². The second kappa shape index (κ2) is 6.72. The number of carbonyl (C=O) groups excluding carboxylic acids is 1. The number of anilines is 1. The molecular weight excluding hydrogens is 397 g/mol. The average molecular weight is 412 g/mol. The molecule has 1 unspecified atom stereocenters. The van der Waals surface area contributed by atoms with Gasteiger partial charge in [-0.15, -0.1) is 0 Å². The van der Waals surface area contributed by atoms with Crippen LogP contribution in [-0.4, -0.2) is 27.6 Å². The molecule has 1 atom stereocenters. The van der Waals surface area contributed by atoms with E-state index in [4.69, 9.17) is 4.52 Å². The van der Waals surface area contributed by atoms with Crippen LogP contribution in [0.3, 0.4) is 0 Å². The normalized spacial score (nSPS) is 17.2. The van der Waals surface area contributed by atoms with Crippen molar-refractivity contribution in [2.75, 3.05) is 11.4 Å². The van der Waals surface area contributed by atoms with Crippen molar-refractivity contribution in [3.05, 3.63) is 66.1 Å². The molecule has 1 fully saturated rings. The summed E-state index contributed by atoms with van der Waals surface area (Å²) in [5.74, 6) is 0.0446. The summed E-state index contributed by atoms with van der Waals surface area (Å²) in [4.78, 5) is 21.3. The highest BCUT2D eigenvalue weighted by molar-refractivity contribution is 5.96. The summed E-state index contributed by atoms with van der Waals surface area (Å²) in [6.45, 7) is 0.189. The highest BCUT2D eigenvalue weighted by atomic mass is 19.4. The van der Waals surface area contributed by atoms with Gasteiger partial charge in [-0.05, 0) is 41.8 Å². The van der Waals surface area contributed by atoms with Gasteiger partial charge in [0.15, 0.2) is 5.82 Å². The van der Waals surface area contributed by atoms with Gasteiger partial charge in [-0.25, -0.2) is 0 Å². The summed E-state index contributed by atoms with van der Waals surface area (Å²) in [5.41, 5.74) is 1.08. The number of H-pyrrole nitrogens is 1. The smallest absolute Gasteiger partial charge is 0.361 e. The highest BCUT2D eigenvalue weighted by Gasteiger charge is 2.36. The molecule has 30 heavy (non-hydrogen) atoms. The number of rotatable bonds is 3. The fraction of sp³-hybridized carbons (Fsp3) is 0.190. The third kappa shape index (κ3) is 3.22. The Morgan fingerprint density at radius 2 is 2.00 bits per heavy atom. The molecule has 0 aliphatic carbocycles. The maximum absolute atomic E-state index is 13.0. The van der Waals surface area contributed by atoms with E-state index in [-0.39, 0.29) is 30.5 Å². The molecule has 1 N–H and O–H groups in total. The number of aromatic amines is 1. The topological polar surface area (TPSA) is 75.0 Å². The molecule has 0 spiro atoms. The van der Waals surface area contributed by atoms with Crippen LogP contribution in [0.15, 0.2) is 59.3 Å². The Kier molecular flexibility index (Phi) is 4.12. The molecule has 1 aliphatic rings. The summed E-state index contributed by atoms with van der Waals surface area (Å²) in [6.07, 6.45) is -2.54. The number of benzene rings is 2. The van der Waals surface area contributed by atoms with Gasteiger partial charge in [0, 0.05) is 41.8 Å². The number of hydrogen-bond donors (Lipinski definition) is 1. The van der Waals surface area contributed by atoms with Crippen molar-refractivity contribution in [3.8, 4) is 11.5 Å². The van der Waals surface area contributed by atoms with E-state index in [9.17, 15) is 18.0 Å². The van der Waals surface area contributed by atoms with Crippen LogP contribution in [0.2, 0.25) is 0 Å². The zero-order chi connectivity index (χ0) is 20.9. The lowest BCUT2D eigenvalue weighted by molar-refractivity contribution is -0.137. The van der Waals surface area contributed by atoms with E-state index >= 15 is 0 Å². The van der Waals surface area contributed by atoms with E-state index in [1.165, 1.54) is 17.0 Å². The van der Waals surface area contributed by atoms with Crippen molar-refractivity contribution >= 4 is 22.5 Å². The first kappa shape index (κ1) is 18.4. The molecule has 2 aromatic carbocycles. The number of carbonyl (C=O) groups is 1. The van der Waals surface area contributed by atoms with Crippen LogP contribution in [0.4, 0.5) is 18.9 Å². The summed E-state index contributed by atoms with van der Waals surface area (Å²) >= 11 is 0. The minimum absolute atomic E-state index is 0.102. The first-order valence-electron chi connectivity index (χ1n) is 9.27. The van der Waals surface area contributed by atoms with Gasteiger partial charge in [-0.3, -0.25) is 4.79 Å². The van der Waals surface area contributed by atoms with E-state index in [2.05, 4.69) is 15.1 Å². The molecule has 0 bridgehead atoms. The lowest BCUT2D eigenvalue weighted by atomic mass is 10.1. The molecule has 9 heteroatoms. The molecule has 1 saturated heterocycles. The number of amides is 1. The van der Waals surface area contributed by atoms with Gasteiger partial charge in [0.05, 0.1) is 5.56 Å². The van der Waals surface area contributed by atoms with Gasteiger partial charge in [0.1, 0.15) is 0 Å². The lowest BCUT2D eigenvalue weighted by Crippen LogP contribution is -2.24. The molecule has 6 nitrogen and oxygen atoms in total. The second-order valence-corrected chi connectivity index (χ2v) is 7.19. The fourth-order valence-corrected chi connectivity index (χ4v) is 3.68. The van der Waals surface area contributed by atoms with E-state index < -0.39 is 11.7 Å². The number of halogens is 3. The van der Waals surface area contributed by atoms with E-state index in [0.29, 0.717) is 11.7 Å². The SMILES string of the molecule is O=C1CC(c2noc(-c3ccc4cc[nH]c4c3)n2)CN1c1cccc(C(F)(F)F)c1. The molecule has 1 amide bonds. The molecule has 4 aromatic rings. The van der Waals surface area contributed by atoms with Gasteiger partial charge < -0.3 is 14.4 Å². The van der Waals surface area contributed by atoms with Crippen LogP contribution in [-0.2, 0) is 11.0 Å². The Labute approximate surface area is 168 Å². The summed E-state index contributed by atoms with van der Waals surface area (Å²) in [6, 6.07) is 12.4. The number of nitrogens with zero attached hydrogens (tertiary/aromatic N) is 3. The zero-order valence-electron chi connectivity index (χ0n) is 15.5. The van der Waals surface area contributed by atoms with Gasteiger partial charge in [-0.2, -0.15) is 18.2 Å². The maximum Gasteiger partial charge on any atom is 0.416 e. The summed E-state index contributed by atoms with van der Waals surface area (Å²) in [7, 11) is 0. The molecule has 0 saturated carbocycles. The van der Waals surface area contributed by atoms with Crippen molar-refractivity contribution in [1.29, 1.82) is 0 Å². The predicted molar refractivity (Wildman–Crippen MR) is 103 cm³/mol. The van der Waals surface area contributed by atoms with Gasteiger partial charge in [0.2, 0.25) is 5.91 Å². The third-order valence-corrected chi connectivity index (χ3v) is 5.22. The number of nitrogens with one attached hydrogen (secondary N) is 1. The molecule has 152 valence electrons. The number of hydrogen-bond acceptors (Lipinski definition) is 4. The summed E-state index contributed by atoms with van der Waals surface area (Å²) in [5, 5.41) is 5.06. The predicted octanol–water partition coefficient (Wildman–Crippen LogP) is 4.76. The van der Waals surface area contributed by atoms with Gasteiger partial charge in [-0.1, -0.05) is 17.3 Å².